The van der Waals surface area contributed by atoms with Crippen LogP contribution in [-0.2, 0) is 11.2 Å². The van der Waals surface area contributed by atoms with E-state index in [4.69, 9.17) is 0 Å². The van der Waals surface area contributed by atoms with Crippen LogP contribution in [0, 0.1) is 0 Å². The van der Waals surface area contributed by atoms with Crippen LogP contribution in [0.5, 0.6) is 0 Å². The summed E-state index contributed by atoms with van der Waals surface area (Å²) >= 11 is 0. The van der Waals surface area contributed by atoms with E-state index in [9.17, 15) is 14.4 Å². The maximum Gasteiger partial charge on any atom is 0.263 e. The van der Waals surface area contributed by atoms with Gasteiger partial charge in [-0.2, -0.15) is 0 Å². The van der Waals surface area contributed by atoms with Gasteiger partial charge >= 0.3 is 0 Å². The number of H-pyrrole nitrogens is 1. The Labute approximate surface area is 155 Å². The number of aromatic nitrogens is 2. The minimum atomic E-state index is -0.394. The van der Waals surface area contributed by atoms with E-state index in [1.54, 1.807) is 0 Å². The number of hydrogen-bond donors (Lipinski definition) is 2. The normalized spacial score (nSPS) is 13.3. The van der Waals surface area contributed by atoms with Gasteiger partial charge in [0.1, 0.15) is 0 Å². The first kappa shape index (κ1) is 17.0. The zero-order valence-electron chi connectivity index (χ0n) is 14.6. The molecule has 7 heteroatoms. The summed E-state index contributed by atoms with van der Waals surface area (Å²) in [7, 11) is 0. The molecule has 0 atom stereocenters. The summed E-state index contributed by atoms with van der Waals surface area (Å²) in [6.07, 6.45) is 5.59. The SMILES string of the molecule is O=C(CCN1C(=O)c2ccncc2C1=O)NCCc1c[nH]c2ccccc12. The lowest BCUT2D eigenvalue weighted by Crippen LogP contribution is -2.35. The largest absolute Gasteiger partial charge is 0.361 e. The molecule has 0 saturated carbocycles. The second-order valence-electron chi connectivity index (χ2n) is 6.39. The number of pyridine rings is 1. The molecule has 0 bridgehead atoms. The highest BCUT2D eigenvalue weighted by atomic mass is 16.2. The molecule has 7 nitrogen and oxygen atoms in total. The van der Waals surface area contributed by atoms with E-state index in [-0.39, 0.29) is 24.8 Å². The zero-order chi connectivity index (χ0) is 18.8. The minimum Gasteiger partial charge on any atom is -0.361 e. The van der Waals surface area contributed by atoms with Crippen molar-refractivity contribution >= 4 is 28.6 Å². The fourth-order valence-corrected chi connectivity index (χ4v) is 3.31. The van der Waals surface area contributed by atoms with Gasteiger partial charge in [-0.15, -0.1) is 0 Å². The molecule has 0 radical (unpaired) electrons. The van der Waals surface area contributed by atoms with Crippen molar-refractivity contribution in [3.05, 3.63) is 65.6 Å². The minimum absolute atomic E-state index is 0.0608. The molecule has 1 aliphatic heterocycles. The number of hydrogen-bond acceptors (Lipinski definition) is 4. The van der Waals surface area contributed by atoms with Gasteiger partial charge in [-0.05, 0) is 24.1 Å². The average Bonchev–Trinajstić information content (AvgIpc) is 3.20. The second-order valence-corrected chi connectivity index (χ2v) is 6.39. The van der Waals surface area contributed by atoms with Gasteiger partial charge in [0, 0.05) is 49.0 Å². The number of nitrogens with zero attached hydrogens (tertiary/aromatic N) is 2. The number of carbonyl (C=O) groups is 3. The van der Waals surface area contributed by atoms with Gasteiger partial charge in [-0.25, -0.2) is 0 Å². The smallest absolute Gasteiger partial charge is 0.263 e. The van der Waals surface area contributed by atoms with Gasteiger partial charge in [0.15, 0.2) is 0 Å². The quantitative estimate of drug-likeness (QED) is 0.655. The lowest BCUT2D eigenvalue weighted by atomic mass is 10.1. The molecule has 2 N–H and O–H groups in total. The lowest BCUT2D eigenvalue weighted by molar-refractivity contribution is -0.121. The monoisotopic (exact) mass is 362 g/mol. The number of imide groups is 1. The number of rotatable bonds is 6. The molecule has 1 aliphatic rings. The summed E-state index contributed by atoms with van der Waals surface area (Å²) in [6.45, 7) is 0.554. The molecule has 1 aromatic carbocycles. The molecule has 3 heterocycles. The Hall–Kier alpha value is -3.48. The summed E-state index contributed by atoms with van der Waals surface area (Å²) in [5, 5.41) is 3.99. The van der Waals surface area contributed by atoms with Crippen molar-refractivity contribution < 1.29 is 14.4 Å². The third-order valence-electron chi connectivity index (χ3n) is 4.73. The standard InChI is InChI=1S/C20H18N4O3/c25-18(22-9-5-13-11-23-17-4-2-1-3-14(13)17)7-10-24-19(26)15-6-8-21-12-16(15)20(24)27/h1-4,6,8,11-12,23H,5,7,9-10H2,(H,22,25). The number of fused-ring (bicyclic) bond motifs is 2. The molecule has 2 aromatic heterocycles. The van der Waals surface area contributed by atoms with Gasteiger partial charge in [-0.1, -0.05) is 18.2 Å². The van der Waals surface area contributed by atoms with Crippen LogP contribution in [0.25, 0.3) is 10.9 Å². The van der Waals surface area contributed by atoms with Crippen LogP contribution >= 0.6 is 0 Å². The molecule has 0 saturated heterocycles. The molecule has 27 heavy (non-hydrogen) atoms. The second kappa shape index (κ2) is 7.03. The van der Waals surface area contributed by atoms with Crippen LogP contribution in [0.1, 0.15) is 32.7 Å². The van der Waals surface area contributed by atoms with Crippen LogP contribution in [0.3, 0.4) is 0 Å². The number of aromatic amines is 1. The maximum absolute atomic E-state index is 12.3. The van der Waals surface area contributed by atoms with E-state index in [1.807, 2.05) is 30.5 Å². The van der Waals surface area contributed by atoms with Crippen molar-refractivity contribution in [2.45, 2.75) is 12.8 Å². The van der Waals surface area contributed by atoms with Gasteiger partial charge in [0.05, 0.1) is 11.1 Å². The highest BCUT2D eigenvalue weighted by Gasteiger charge is 2.35. The molecule has 3 aromatic rings. The maximum atomic E-state index is 12.3. The van der Waals surface area contributed by atoms with E-state index in [0.717, 1.165) is 21.4 Å². The van der Waals surface area contributed by atoms with E-state index in [0.29, 0.717) is 24.1 Å². The predicted molar refractivity (Wildman–Crippen MR) is 99.2 cm³/mol. The molecule has 0 aliphatic carbocycles. The van der Waals surface area contributed by atoms with Gasteiger partial charge < -0.3 is 10.3 Å². The number of para-hydroxylation sites is 1. The van der Waals surface area contributed by atoms with Crippen molar-refractivity contribution in [1.29, 1.82) is 0 Å². The van der Waals surface area contributed by atoms with E-state index in [2.05, 4.69) is 15.3 Å². The van der Waals surface area contributed by atoms with Crippen LogP contribution in [-0.4, -0.2) is 45.7 Å². The van der Waals surface area contributed by atoms with Gasteiger partial charge in [0.25, 0.3) is 11.8 Å². The van der Waals surface area contributed by atoms with E-state index < -0.39 is 5.91 Å². The number of amides is 3. The number of nitrogens with one attached hydrogen (secondary N) is 2. The highest BCUT2D eigenvalue weighted by Crippen LogP contribution is 2.21. The first-order valence-corrected chi connectivity index (χ1v) is 8.77. The Balaban J connectivity index is 1.28. The first-order chi connectivity index (χ1) is 13.1. The zero-order valence-corrected chi connectivity index (χ0v) is 14.6. The fourth-order valence-electron chi connectivity index (χ4n) is 3.31. The van der Waals surface area contributed by atoms with Crippen molar-refractivity contribution in [2.24, 2.45) is 0 Å². The predicted octanol–water partition coefficient (Wildman–Crippen LogP) is 1.91. The molecule has 4 rings (SSSR count). The summed E-state index contributed by atoms with van der Waals surface area (Å²) in [6, 6.07) is 9.53. The van der Waals surface area contributed by atoms with Crippen LogP contribution in [0.2, 0.25) is 0 Å². The van der Waals surface area contributed by atoms with Crippen LogP contribution in [0.4, 0.5) is 0 Å². The Morgan fingerprint density at radius 2 is 1.93 bits per heavy atom. The Morgan fingerprint density at radius 3 is 2.78 bits per heavy atom. The van der Waals surface area contributed by atoms with E-state index in [1.165, 1.54) is 18.5 Å². The Bertz CT molecular complexity index is 1010. The first-order valence-electron chi connectivity index (χ1n) is 8.77. The highest BCUT2D eigenvalue weighted by molar-refractivity contribution is 6.21. The topological polar surface area (TPSA) is 95.2 Å². The van der Waals surface area contributed by atoms with Crippen LogP contribution in [0.15, 0.2) is 48.9 Å². The van der Waals surface area contributed by atoms with Crippen LogP contribution < -0.4 is 5.32 Å². The third kappa shape index (κ3) is 3.19. The van der Waals surface area contributed by atoms with Crippen molar-refractivity contribution in [3.63, 3.8) is 0 Å². The van der Waals surface area contributed by atoms with E-state index >= 15 is 0 Å². The number of benzene rings is 1. The summed E-state index contributed by atoms with van der Waals surface area (Å²) in [5.41, 5.74) is 2.84. The molecular formula is C20H18N4O3. The number of carbonyl (C=O) groups excluding carboxylic acids is 3. The molecule has 0 unspecified atom stereocenters. The average molecular weight is 362 g/mol. The Morgan fingerprint density at radius 1 is 1.11 bits per heavy atom. The lowest BCUT2D eigenvalue weighted by Gasteiger charge is -2.13. The molecule has 0 fully saturated rings. The Kier molecular flexibility index (Phi) is 4.42. The molecule has 136 valence electrons. The molecular weight excluding hydrogens is 344 g/mol. The van der Waals surface area contributed by atoms with Gasteiger partial charge in [-0.3, -0.25) is 24.3 Å². The summed E-state index contributed by atoms with van der Waals surface area (Å²) in [4.78, 5) is 44.8. The fraction of sp³-hybridized carbons (Fsp3) is 0.200. The van der Waals surface area contributed by atoms with Crippen molar-refractivity contribution in [2.75, 3.05) is 13.1 Å². The summed E-state index contributed by atoms with van der Waals surface area (Å²) < 4.78 is 0. The third-order valence-corrected chi connectivity index (χ3v) is 4.73. The van der Waals surface area contributed by atoms with Gasteiger partial charge in [0.2, 0.25) is 5.91 Å². The van der Waals surface area contributed by atoms with Crippen molar-refractivity contribution in [3.8, 4) is 0 Å². The van der Waals surface area contributed by atoms with Crippen molar-refractivity contribution in [1.82, 2.24) is 20.2 Å². The molecule has 0 spiro atoms. The summed E-state index contributed by atoms with van der Waals surface area (Å²) in [5.74, 6) is -0.955. The molecule has 3 amide bonds.